The maximum atomic E-state index is 4.56. The first kappa shape index (κ1) is 11.5. The van der Waals surface area contributed by atoms with Gasteiger partial charge in [0.2, 0.25) is 0 Å². The van der Waals surface area contributed by atoms with Crippen LogP contribution in [-0.2, 0) is 6.42 Å². The zero-order chi connectivity index (χ0) is 12.5. The lowest BCUT2D eigenvalue weighted by Crippen LogP contribution is -2.24. The van der Waals surface area contributed by atoms with Crippen LogP contribution in [0.4, 0.5) is 5.69 Å². The van der Waals surface area contributed by atoms with Gasteiger partial charge >= 0.3 is 0 Å². The zero-order valence-electron chi connectivity index (χ0n) is 11.1. The summed E-state index contributed by atoms with van der Waals surface area (Å²) in [6, 6.07) is 4.92. The van der Waals surface area contributed by atoms with Crippen molar-refractivity contribution in [1.29, 1.82) is 0 Å². The number of nitrogens with one attached hydrogen (secondary N) is 1. The predicted octanol–water partition coefficient (Wildman–Crippen LogP) is 1.69. The molecule has 3 rings (SSSR count). The van der Waals surface area contributed by atoms with E-state index in [9.17, 15) is 0 Å². The summed E-state index contributed by atoms with van der Waals surface area (Å²) >= 11 is 0. The molecule has 1 N–H and O–H groups in total. The second-order valence-corrected chi connectivity index (χ2v) is 5.25. The third-order valence-corrected chi connectivity index (χ3v) is 3.70. The summed E-state index contributed by atoms with van der Waals surface area (Å²) in [5.41, 5.74) is 2.39. The van der Waals surface area contributed by atoms with Gasteiger partial charge in [0.15, 0.2) is 0 Å². The van der Waals surface area contributed by atoms with Gasteiger partial charge < -0.3 is 14.6 Å². The van der Waals surface area contributed by atoms with E-state index in [0.29, 0.717) is 6.04 Å². The van der Waals surface area contributed by atoms with Gasteiger partial charge in [-0.15, -0.1) is 0 Å². The molecule has 0 radical (unpaired) electrons. The first-order chi connectivity index (χ1) is 8.74. The van der Waals surface area contributed by atoms with E-state index in [4.69, 9.17) is 0 Å². The second-order valence-electron chi connectivity index (χ2n) is 5.25. The third kappa shape index (κ3) is 2.08. The molecule has 0 aliphatic carbocycles. The van der Waals surface area contributed by atoms with E-state index in [1.165, 1.54) is 24.0 Å². The Balaban J connectivity index is 1.89. The molecule has 2 aromatic rings. The van der Waals surface area contributed by atoms with Gasteiger partial charge in [-0.25, -0.2) is 4.98 Å². The van der Waals surface area contributed by atoms with Crippen molar-refractivity contribution in [2.24, 2.45) is 0 Å². The molecule has 2 aromatic heterocycles. The molecule has 4 nitrogen and oxygen atoms in total. The van der Waals surface area contributed by atoms with Gasteiger partial charge in [-0.3, -0.25) is 0 Å². The van der Waals surface area contributed by atoms with Crippen LogP contribution in [-0.4, -0.2) is 36.1 Å². The summed E-state index contributed by atoms with van der Waals surface area (Å²) in [4.78, 5) is 6.68. The second kappa shape index (κ2) is 4.61. The monoisotopic (exact) mass is 244 g/mol. The maximum absolute atomic E-state index is 4.56. The highest BCUT2D eigenvalue weighted by molar-refractivity contribution is 5.58. The van der Waals surface area contributed by atoms with Gasteiger partial charge in [-0.1, -0.05) is 0 Å². The minimum absolute atomic E-state index is 0.601. The molecule has 0 bridgehead atoms. The summed E-state index contributed by atoms with van der Waals surface area (Å²) in [6.07, 6.45) is 7.68. The third-order valence-electron chi connectivity index (χ3n) is 3.70. The summed E-state index contributed by atoms with van der Waals surface area (Å²) in [5.74, 6) is 1.16. The zero-order valence-corrected chi connectivity index (χ0v) is 11.1. The minimum Gasteiger partial charge on any atom is -0.378 e. The molecule has 0 saturated carbocycles. The van der Waals surface area contributed by atoms with Gasteiger partial charge in [-0.05, 0) is 31.5 Å². The SMILES string of the molecule is CN(C)c1ccn2c(CC3CCCN3)ncc2c1. The van der Waals surface area contributed by atoms with Crippen molar-refractivity contribution in [1.82, 2.24) is 14.7 Å². The molecule has 18 heavy (non-hydrogen) atoms. The molecule has 1 atom stereocenters. The lowest BCUT2D eigenvalue weighted by Gasteiger charge is -2.13. The Morgan fingerprint density at radius 2 is 2.39 bits per heavy atom. The first-order valence-corrected chi connectivity index (χ1v) is 6.61. The number of anilines is 1. The van der Waals surface area contributed by atoms with Crippen LogP contribution in [0.3, 0.4) is 0 Å². The quantitative estimate of drug-likeness (QED) is 0.892. The van der Waals surface area contributed by atoms with Crippen molar-refractivity contribution in [3.63, 3.8) is 0 Å². The van der Waals surface area contributed by atoms with Crippen molar-refractivity contribution in [3.05, 3.63) is 30.4 Å². The molecule has 4 heteroatoms. The smallest absolute Gasteiger partial charge is 0.114 e. The average molecular weight is 244 g/mol. The normalized spacial score (nSPS) is 19.6. The van der Waals surface area contributed by atoms with Gasteiger partial charge in [0.05, 0.1) is 11.7 Å². The molecule has 1 aliphatic heterocycles. The fourth-order valence-corrected chi connectivity index (χ4v) is 2.62. The molecule has 1 saturated heterocycles. The number of nitrogens with zero attached hydrogens (tertiary/aromatic N) is 3. The van der Waals surface area contributed by atoms with Crippen LogP contribution in [0.15, 0.2) is 24.5 Å². The van der Waals surface area contributed by atoms with Crippen LogP contribution >= 0.6 is 0 Å². The highest BCUT2D eigenvalue weighted by Gasteiger charge is 2.16. The van der Waals surface area contributed by atoms with Gasteiger partial charge in [-0.2, -0.15) is 0 Å². The van der Waals surface area contributed by atoms with Crippen LogP contribution in [0.25, 0.3) is 5.52 Å². The Kier molecular flexibility index (Phi) is 2.96. The molecule has 1 fully saturated rings. The topological polar surface area (TPSA) is 32.6 Å². The van der Waals surface area contributed by atoms with Gasteiger partial charge in [0.25, 0.3) is 0 Å². The summed E-state index contributed by atoms with van der Waals surface area (Å²) in [5, 5.41) is 3.53. The maximum Gasteiger partial charge on any atom is 0.114 e. The molecular weight excluding hydrogens is 224 g/mol. The van der Waals surface area contributed by atoms with E-state index in [1.807, 2.05) is 6.20 Å². The highest BCUT2D eigenvalue weighted by atomic mass is 15.1. The number of aromatic nitrogens is 2. The van der Waals surface area contributed by atoms with Gasteiger partial charge in [0, 0.05) is 38.4 Å². The Bertz CT molecular complexity index is 538. The number of hydrogen-bond donors (Lipinski definition) is 1. The molecule has 1 unspecified atom stereocenters. The highest BCUT2D eigenvalue weighted by Crippen LogP contribution is 2.18. The van der Waals surface area contributed by atoms with E-state index in [0.717, 1.165) is 18.8 Å². The van der Waals surface area contributed by atoms with Gasteiger partial charge in [0.1, 0.15) is 5.82 Å². The summed E-state index contributed by atoms with van der Waals surface area (Å²) < 4.78 is 2.20. The predicted molar refractivity (Wildman–Crippen MR) is 74.2 cm³/mol. The fourth-order valence-electron chi connectivity index (χ4n) is 2.62. The number of fused-ring (bicyclic) bond motifs is 1. The first-order valence-electron chi connectivity index (χ1n) is 6.61. The standard InChI is InChI=1S/C14H20N4/c1-17(2)12-5-7-18-13(9-12)10-16-14(18)8-11-4-3-6-15-11/h5,7,9-11,15H,3-4,6,8H2,1-2H3. The van der Waals surface area contributed by atoms with Crippen LogP contribution in [0.1, 0.15) is 18.7 Å². The number of imidazole rings is 1. The molecular formula is C14H20N4. The lowest BCUT2D eigenvalue weighted by atomic mass is 10.1. The van der Waals surface area contributed by atoms with E-state index in [1.54, 1.807) is 0 Å². The Morgan fingerprint density at radius 3 is 3.11 bits per heavy atom. The summed E-state index contributed by atoms with van der Waals surface area (Å²) in [6.45, 7) is 1.15. The van der Waals surface area contributed by atoms with Crippen molar-refractivity contribution in [3.8, 4) is 0 Å². The molecule has 96 valence electrons. The molecule has 0 amide bonds. The van der Waals surface area contributed by atoms with E-state index in [2.05, 4.69) is 52.0 Å². The van der Waals surface area contributed by atoms with Crippen LogP contribution in [0, 0.1) is 0 Å². The van der Waals surface area contributed by atoms with Crippen molar-refractivity contribution in [2.45, 2.75) is 25.3 Å². The minimum atomic E-state index is 0.601. The molecule has 3 heterocycles. The van der Waals surface area contributed by atoms with E-state index < -0.39 is 0 Å². The number of hydrogen-bond acceptors (Lipinski definition) is 3. The Morgan fingerprint density at radius 1 is 1.50 bits per heavy atom. The molecule has 1 aliphatic rings. The van der Waals surface area contributed by atoms with Crippen molar-refractivity contribution in [2.75, 3.05) is 25.5 Å². The molecule has 0 aromatic carbocycles. The largest absolute Gasteiger partial charge is 0.378 e. The Labute approximate surface area is 108 Å². The molecule has 0 spiro atoms. The van der Waals surface area contributed by atoms with Crippen LogP contribution in [0.2, 0.25) is 0 Å². The van der Waals surface area contributed by atoms with Crippen LogP contribution in [0.5, 0.6) is 0 Å². The Hall–Kier alpha value is -1.55. The number of pyridine rings is 1. The van der Waals surface area contributed by atoms with E-state index in [-0.39, 0.29) is 0 Å². The van der Waals surface area contributed by atoms with Crippen LogP contribution < -0.4 is 10.2 Å². The fraction of sp³-hybridized carbons (Fsp3) is 0.500. The average Bonchev–Trinajstić information content (AvgIpc) is 2.99. The lowest BCUT2D eigenvalue weighted by molar-refractivity contribution is 0.584. The summed E-state index contributed by atoms with van der Waals surface area (Å²) in [7, 11) is 4.12. The van der Waals surface area contributed by atoms with Crippen molar-refractivity contribution >= 4 is 11.2 Å². The van der Waals surface area contributed by atoms with E-state index >= 15 is 0 Å². The number of rotatable bonds is 3. The van der Waals surface area contributed by atoms with Crippen molar-refractivity contribution < 1.29 is 0 Å².